The van der Waals surface area contributed by atoms with E-state index >= 15 is 0 Å². The smallest absolute Gasteiger partial charge is 0.268 e. The molecule has 1 amide bonds. The summed E-state index contributed by atoms with van der Waals surface area (Å²) in [5.74, 6) is -0.238. The summed E-state index contributed by atoms with van der Waals surface area (Å²) < 4.78 is 23.0. The Balaban J connectivity index is 4.28. The molecule has 0 aromatic heterocycles. The lowest BCUT2D eigenvalue weighted by atomic mass is 10.1. The summed E-state index contributed by atoms with van der Waals surface area (Å²) in [6, 6.07) is -0.918. The molecule has 0 fully saturated rings. The van der Waals surface area contributed by atoms with E-state index < -0.39 is 26.6 Å². The number of phosphoric ester groups is 1. The fourth-order valence-electron chi connectivity index (χ4n) is 5.09. The summed E-state index contributed by atoms with van der Waals surface area (Å²) in [6.45, 7) is 4.34. The quantitative estimate of drug-likeness (QED) is 0.0283. The molecule has 0 aliphatic heterocycles. The van der Waals surface area contributed by atoms with Gasteiger partial charge in [0, 0.05) is 6.42 Å². The Bertz CT molecular complexity index is 1270. The van der Waals surface area contributed by atoms with Gasteiger partial charge >= 0.3 is 0 Å². The zero-order chi connectivity index (χ0) is 41.4. The Labute approximate surface area is 342 Å². The van der Waals surface area contributed by atoms with E-state index in [9.17, 15) is 19.4 Å². The van der Waals surface area contributed by atoms with Crippen LogP contribution in [0, 0.1) is 0 Å². The number of phosphoric acid groups is 1. The van der Waals surface area contributed by atoms with Crippen LogP contribution in [0.25, 0.3) is 0 Å². The average Bonchev–Trinajstić information content (AvgIpc) is 3.15. The number of likely N-dealkylation sites (N-methyl/N-ethyl adjacent to an activating group) is 1. The van der Waals surface area contributed by atoms with Crippen LogP contribution in [0.1, 0.15) is 129 Å². The van der Waals surface area contributed by atoms with Crippen molar-refractivity contribution in [3.05, 3.63) is 109 Å². The largest absolute Gasteiger partial charge is 0.756 e. The molecule has 0 aromatic rings. The second-order valence-electron chi connectivity index (χ2n) is 14.9. The minimum Gasteiger partial charge on any atom is -0.756 e. The number of nitrogens with one attached hydrogen (secondary N) is 1. The lowest BCUT2D eigenvalue weighted by molar-refractivity contribution is -0.870. The molecule has 0 radical (unpaired) electrons. The van der Waals surface area contributed by atoms with E-state index in [1.54, 1.807) is 6.08 Å². The molecule has 0 aromatic carbocycles. The van der Waals surface area contributed by atoms with Crippen LogP contribution in [0.15, 0.2) is 109 Å². The highest BCUT2D eigenvalue weighted by Gasteiger charge is 2.23. The third-order valence-corrected chi connectivity index (χ3v) is 9.41. The lowest BCUT2D eigenvalue weighted by Crippen LogP contribution is -2.45. The van der Waals surface area contributed by atoms with Gasteiger partial charge in [0.25, 0.3) is 7.82 Å². The Kier molecular flexibility index (Phi) is 35.8. The first-order chi connectivity index (χ1) is 27.0. The van der Waals surface area contributed by atoms with Gasteiger partial charge in [-0.1, -0.05) is 149 Å². The fourth-order valence-corrected chi connectivity index (χ4v) is 5.82. The van der Waals surface area contributed by atoms with Gasteiger partial charge in [0.2, 0.25) is 5.91 Å². The van der Waals surface area contributed by atoms with Crippen LogP contribution in [0.4, 0.5) is 0 Å². The number of unbranched alkanes of at least 4 members (excludes halogenated alkanes) is 7. The molecule has 9 heteroatoms. The van der Waals surface area contributed by atoms with Gasteiger partial charge in [-0.3, -0.25) is 9.36 Å². The zero-order valence-corrected chi connectivity index (χ0v) is 36.7. The van der Waals surface area contributed by atoms with Crippen LogP contribution in [-0.4, -0.2) is 68.5 Å². The molecule has 0 spiro atoms. The van der Waals surface area contributed by atoms with E-state index in [0.717, 1.165) is 109 Å². The first-order valence-electron chi connectivity index (χ1n) is 21.2. The van der Waals surface area contributed by atoms with Crippen molar-refractivity contribution in [3.8, 4) is 0 Å². The third kappa shape index (κ3) is 39.4. The van der Waals surface area contributed by atoms with Crippen molar-refractivity contribution in [1.82, 2.24) is 5.32 Å². The number of carbonyl (C=O) groups excluding carboxylic acids is 1. The number of carbonyl (C=O) groups is 1. The van der Waals surface area contributed by atoms with Gasteiger partial charge in [-0.25, -0.2) is 0 Å². The Morgan fingerprint density at radius 3 is 1.64 bits per heavy atom. The van der Waals surface area contributed by atoms with Crippen LogP contribution >= 0.6 is 7.82 Å². The van der Waals surface area contributed by atoms with Crippen LogP contribution < -0.4 is 10.2 Å². The van der Waals surface area contributed by atoms with Gasteiger partial charge in [-0.05, 0) is 83.5 Å². The standard InChI is InChI=1S/C47H79N2O6P/c1-6-8-10-12-14-15-16-17-18-19-20-21-22-23-24-25-26-27-28-29-30-31-32-33-35-37-39-41-47(51)48-45(46(50)40-38-36-34-13-11-9-7-2)44-55-56(52,53)54-43-42-49(3,4)5/h8,10-11,13-15,17-18,20-21,23-24,26-27,29-30,38,40,45-46,50H,6-7,9,12,16,19,22,25,28,31-37,39,41-44H2,1-5H3,(H-,48,51,52,53)/b10-8-,13-11+,15-14-,18-17-,21-20-,24-23-,27-26-,30-29-,40-38+. The number of allylic oxidation sites excluding steroid dienone is 17. The SMILES string of the molecule is CC/C=C\C/C=C\C/C=C\C/C=C\C/C=C\C/C=C\C/C=C\CCCCCCCC(=O)NC(COP(=O)([O-])OCC[N+](C)(C)C)C(O)/C=C/CC/C=C/CCC. The van der Waals surface area contributed by atoms with Gasteiger partial charge < -0.3 is 28.8 Å². The number of hydrogen-bond acceptors (Lipinski definition) is 6. The molecule has 2 N–H and O–H groups in total. The lowest BCUT2D eigenvalue weighted by Gasteiger charge is -2.29. The van der Waals surface area contributed by atoms with Crippen molar-refractivity contribution >= 4 is 13.7 Å². The van der Waals surface area contributed by atoms with E-state index in [2.05, 4.69) is 116 Å². The van der Waals surface area contributed by atoms with E-state index in [0.29, 0.717) is 17.4 Å². The predicted octanol–water partition coefficient (Wildman–Crippen LogP) is 11.1. The normalized spacial score (nSPS) is 15.5. The van der Waals surface area contributed by atoms with Gasteiger partial charge in [0.1, 0.15) is 13.2 Å². The number of nitrogens with zero attached hydrogens (tertiary/aromatic N) is 1. The summed E-state index contributed by atoms with van der Waals surface area (Å²) in [5, 5.41) is 13.6. The van der Waals surface area contributed by atoms with Crippen LogP contribution in [0.3, 0.4) is 0 Å². The molecule has 0 aliphatic rings. The second kappa shape index (κ2) is 37.7. The third-order valence-electron chi connectivity index (χ3n) is 8.45. The molecule has 318 valence electrons. The van der Waals surface area contributed by atoms with Crippen molar-refractivity contribution in [2.45, 2.75) is 142 Å². The fraction of sp³-hybridized carbons (Fsp3) is 0.596. The number of rotatable bonds is 36. The van der Waals surface area contributed by atoms with Crippen LogP contribution in [0.5, 0.6) is 0 Å². The average molecular weight is 799 g/mol. The molecular weight excluding hydrogens is 719 g/mol. The molecular formula is C47H79N2O6P. The molecule has 3 unspecified atom stereocenters. The van der Waals surface area contributed by atoms with Gasteiger partial charge in [0.05, 0.1) is 39.9 Å². The van der Waals surface area contributed by atoms with E-state index in [1.807, 2.05) is 27.2 Å². The molecule has 3 atom stereocenters. The highest BCUT2D eigenvalue weighted by Crippen LogP contribution is 2.38. The van der Waals surface area contributed by atoms with E-state index in [1.165, 1.54) is 0 Å². The number of quaternary nitrogens is 1. The predicted molar refractivity (Wildman–Crippen MR) is 237 cm³/mol. The minimum atomic E-state index is -4.60. The van der Waals surface area contributed by atoms with Crippen molar-refractivity contribution in [2.24, 2.45) is 0 Å². The maximum Gasteiger partial charge on any atom is 0.268 e. The van der Waals surface area contributed by atoms with E-state index in [4.69, 9.17) is 9.05 Å². The van der Waals surface area contributed by atoms with Gasteiger partial charge in [0.15, 0.2) is 0 Å². The van der Waals surface area contributed by atoms with E-state index in [-0.39, 0.29) is 12.5 Å². The van der Waals surface area contributed by atoms with Gasteiger partial charge in [-0.15, -0.1) is 0 Å². The number of aliphatic hydroxyl groups is 1. The maximum absolute atomic E-state index is 12.8. The minimum absolute atomic E-state index is 0.0179. The summed E-state index contributed by atoms with van der Waals surface area (Å²) in [7, 11) is 1.20. The van der Waals surface area contributed by atoms with Crippen LogP contribution in [-0.2, 0) is 18.4 Å². The maximum atomic E-state index is 12.8. The van der Waals surface area contributed by atoms with Crippen molar-refractivity contribution in [1.29, 1.82) is 0 Å². The molecule has 0 rings (SSSR count). The number of hydrogen-bond donors (Lipinski definition) is 2. The molecule has 56 heavy (non-hydrogen) atoms. The summed E-state index contributed by atoms with van der Waals surface area (Å²) >= 11 is 0. The molecule has 8 nitrogen and oxygen atoms in total. The molecule has 0 saturated heterocycles. The van der Waals surface area contributed by atoms with Gasteiger partial charge in [-0.2, -0.15) is 0 Å². The molecule has 0 bridgehead atoms. The highest BCUT2D eigenvalue weighted by molar-refractivity contribution is 7.45. The summed E-state index contributed by atoms with van der Waals surface area (Å²) in [5.41, 5.74) is 0. The Morgan fingerprint density at radius 1 is 0.643 bits per heavy atom. The summed E-state index contributed by atoms with van der Waals surface area (Å²) in [4.78, 5) is 25.1. The number of amides is 1. The van der Waals surface area contributed by atoms with Crippen molar-refractivity contribution in [2.75, 3.05) is 40.9 Å². The van der Waals surface area contributed by atoms with Crippen LogP contribution in [0.2, 0.25) is 0 Å². The van der Waals surface area contributed by atoms with Crippen molar-refractivity contribution < 1.29 is 32.9 Å². The molecule has 0 heterocycles. The topological polar surface area (TPSA) is 108 Å². The first kappa shape index (κ1) is 53.2. The number of aliphatic hydroxyl groups excluding tert-OH is 1. The highest BCUT2D eigenvalue weighted by atomic mass is 31.2. The summed E-state index contributed by atoms with van der Waals surface area (Å²) in [6.07, 6.45) is 54.6. The monoisotopic (exact) mass is 799 g/mol. The zero-order valence-electron chi connectivity index (χ0n) is 35.8. The second-order valence-corrected chi connectivity index (χ2v) is 16.4. The Morgan fingerprint density at radius 2 is 1.11 bits per heavy atom. The molecule has 0 saturated carbocycles. The Hall–Kier alpha value is -2.84. The molecule has 0 aliphatic carbocycles. The first-order valence-corrected chi connectivity index (χ1v) is 22.7. The van der Waals surface area contributed by atoms with Crippen molar-refractivity contribution in [3.63, 3.8) is 0 Å².